The lowest BCUT2D eigenvalue weighted by molar-refractivity contribution is -0.139. The molecule has 0 spiro atoms. The largest absolute Gasteiger partial charge is 0.480 e. The summed E-state index contributed by atoms with van der Waals surface area (Å²) < 4.78 is 5.15. The summed E-state index contributed by atoms with van der Waals surface area (Å²) in [5.74, 6) is -1.43. The number of aliphatic carboxylic acids is 1. The Labute approximate surface area is 127 Å². The molecule has 2 heterocycles. The highest BCUT2D eigenvalue weighted by atomic mass is 16.5. The minimum atomic E-state index is -1.06. The van der Waals surface area contributed by atoms with Gasteiger partial charge in [-0.25, -0.2) is 9.78 Å². The quantitative estimate of drug-likeness (QED) is 0.877. The van der Waals surface area contributed by atoms with E-state index >= 15 is 0 Å². The SMILES string of the molecule is CCC(NC(=O)c1cc(C(C)C)nc2onc(C)c12)C(=O)O. The molecule has 0 aromatic carbocycles. The van der Waals surface area contributed by atoms with Crippen LogP contribution in [0, 0.1) is 6.92 Å². The molecule has 2 aromatic rings. The van der Waals surface area contributed by atoms with Crippen LogP contribution in [-0.4, -0.2) is 33.2 Å². The molecule has 2 rings (SSSR count). The molecule has 0 radical (unpaired) electrons. The molecule has 1 unspecified atom stereocenters. The maximum Gasteiger partial charge on any atom is 0.326 e. The first kappa shape index (κ1) is 15.9. The Morgan fingerprint density at radius 3 is 2.64 bits per heavy atom. The smallest absolute Gasteiger partial charge is 0.326 e. The Kier molecular flexibility index (Phi) is 4.44. The number of aryl methyl sites for hydroxylation is 1. The van der Waals surface area contributed by atoms with Crippen molar-refractivity contribution in [1.29, 1.82) is 0 Å². The number of carbonyl (C=O) groups is 2. The molecular weight excluding hydrogens is 286 g/mol. The molecule has 22 heavy (non-hydrogen) atoms. The monoisotopic (exact) mass is 305 g/mol. The molecule has 0 aliphatic rings. The molecule has 2 aromatic heterocycles. The van der Waals surface area contributed by atoms with Crippen LogP contribution in [0.15, 0.2) is 10.6 Å². The van der Waals surface area contributed by atoms with Gasteiger partial charge >= 0.3 is 5.97 Å². The van der Waals surface area contributed by atoms with Crippen LogP contribution >= 0.6 is 0 Å². The molecule has 7 heteroatoms. The second-order valence-corrected chi connectivity index (χ2v) is 5.47. The van der Waals surface area contributed by atoms with Gasteiger partial charge in [0.25, 0.3) is 11.6 Å². The minimum Gasteiger partial charge on any atom is -0.480 e. The first-order chi connectivity index (χ1) is 10.3. The van der Waals surface area contributed by atoms with Crippen LogP contribution in [0.4, 0.5) is 0 Å². The van der Waals surface area contributed by atoms with Crippen molar-refractivity contribution >= 4 is 23.0 Å². The van der Waals surface area contributed by atoms with Gasteiger partial charge in [-0.15, -0.1) is 0 Å². The molecule has 0 bridgehead atoms. The number of amides is 1. The molecule has 0 aliphatic heterocycles. The van der Waals surface area contributed by atoms with Gasteiger partial charge in [-0.2, -0.15) is 0 Å². The number of carbonyl (C=O) groups excluding carboxylic acids is 1. The molecule has 1 amide bonds. The van der Waals surface area contributed by atoms with Gasteiger partial charge < -0.3 is 14.9 Å². The molecular formula is C15H19N3O4. The Balaban J connectivity index is 2.50. The van der Waals surface area contributed by atoms with E-state index in [4.69, 9.17) is 9.63 Å². The van der Waals surface area contributed by atoms with Crippen LogP contribution in [0.25, 0.3) is 11.1 Å². The number of carboxylic acids is 1. The average molecular weight is 305 g/mol. The van der Waals surface area contributed by atoms with E-state index in [-0.39, 0.29) is 11.6 Å². The van der Waals surface area contributed by atoms with E-state index in [2.05, 4.69) is 15.5 Å². The summed E-state index contributed by atoms with van der Waals surface area (Å²) in [5.41, 5.74) is 1.87. The van der Waals surface area contributed by atoms with E-state index in [0.29, 0.717) is 28.8 Å². The van der Waals surface area contributed by atoms with Crippen molar-refractivity contribution < 1.29 is 19.2 Å². The maximum atomic E-state index is 12.5. The van der Waals surface area contributed by atoms with Crippen molar-refractivity contribution in [3.63, 3.8) is 0 Å². The van der Waals surface area contributed by atoms with Gasteiger partial charge in [-0.3, -0.25) is 4.79 Å². The van der Waals surface area contributed by atoms with Gasteiger partial charge in [0, 0.05) is 5.69 Å². The number of rotatable bonds is 5. The fourth-order valence-corrected chi connectivity index (χ4v) is 2.16. The van der Waals surface area contributed by atoms with Crippen LogP contribution in [-0.2, 0) is 4.79 Å². The van der Waals surface area contributed by atoms with Gasteiger partial charge in [-0.05, 0) is 25.3 Å². The summed E-state index contributed by atoms with van der Waals surface area (Å²) in [4.78, 5) is 27.9. The number of aromatic nitrogens is 2. The highest BCUT2D eigenvalue weighted by Gasteiger charge is 2.23. The molecule has 1 atom stereocenters. The van der Waals surface area contributed by atoms with Gasteiger partial charge in [0.15, 0.2) is 0 Å². The Morgan fingerprint density at radius 1 is 1.41 bits per heavy atom. The number of nitrogens with one attached hydrogen (secondary N) is 1. The van der Waals surface area contributed by atoms with Crippen LogP contribution in [0.5, 0.6) is 0 Å². The number of nitrogens with zero attached hydrogens (tertiary/aromatic N) is 2. The normalized spacial score (nSPS) is 12.6. The standard InChI is InChI=1S/C15H19N3O4/c1-5-10(15(20)21)16-13(19)9-6-11(7(2)3)17-14-12(9)8(4)18-22-14/h6-7,10H,5H2,1-4H3,(H,16,19)(H,20,21). The van der Waals surface area contributed by atoms with Gasteiger partial charge in [0.1, 0.15) is 6.04 Å². The van der Waals surface area contributed by atoms with Crippen LogP contribution in [0.1, 0.15) is 54.9 Å². The molecule has 0 aliphatic carbocycles. The Hall–Kier alpha value is -2.44. The van der Waals surface area contributed by atoms with Gasteiger partial charge in [-0.1, -0.05) is 25.9 Å². The summed E-state index contributed by atoms with van der Waals surface area (Å²) >= 11 is 0. The van der Waals surface area contributed by atoms with Crippen molar-refractivity contribution in [3.05, 3.63) is 23.0 Å². The number of hydrogen-bond donors (Lipinski definition) is 2. The third-order valence-corrected chi connectivity index (χ3v) is 3.48. The Morgan fingerprint density at radius 2 is 2.09 bits per heavy atom. The molecule has 0 saturated heterocycles. The highest BCUT2D eigenvalue weighted by molar-refractivity contribution is 6.07. The lowest BCUT2D eigenvalue weighted by Crippen LogP contribution is -2.40. The molecule has 118 valence electrons. The lowest BCUT2D eigenvalue weighted by Gasteiger charge is -2.14. The number of carboxylic acid groups (broad SMARTS) is 1. The molecule has 2 N–H and O–H groups in total. The van der Waals surface area contributed by atoms with Gasteiger partial charge in [0.2, 0.25) is 0 Å². The summed E-state index contributed by atoms with van der Waals surface area (Å²) in [6, 6.07) is 0.736. The molecule has 0 fully saturated rings. The first-order valence-corrected chi connectivity index (χ1v) is 7.15. The van der Waals surface area contributed by atoms with E-state index < -0.39 is 17.9 Å². The van der Waals surface area contributed by atoms with Crippen LogP contribution in [0.2, 0.25) is 0 Å². The summed E-state index contributed by atoms with van der Waals surface area (Å²) in [5, 5.41) is 16.0. The zero-order chi connectivity index (χ0) is 16.4. The third kappa shape index (κ3) is 2.93. The zero-order valence-corrected chi connectivity index (χ0v) is 13.0. The second-order valence-electron chi connectivity index (χ2n) is 5.47. The van der Waals surface area contributed by atoms with E-state index in [1.54, 1.807) is 19.9 Å². The van der Waals surface area contributed by atoms with Crippen LogP contribution < -0.4 is 5.32 Å². The number of hydrogen-bond acceptors (Lipinski definition) is 5. The van der Waals surface area contributed by atoms with Crippen molar-refractivity contribution in [2.45, 2.75) is 46.1 Å². The van der Waals surface area contributed by atoms with Crippen molar-refractivity contribution in [2.24, 2.45) is 0 Å². The molecule has 7 nitrogen and oxygen atoms in total. The highest BCUT2D eigenvalue weighted by Crippen LogP contribution is 2.25. The topological polar surface area (TPSA) is 105 Å². The number of fused-ring (bicyclic) bond motifs is 1. The average Bonchev–Trinajstić information content (AvgIpc) is 2.84. The second kappa shape index (κ2) is 6.13. The predicted octanol–water partition coefficient (Wildman–Crippen LogP) is 2.25. The zero-order valence-electron chi connectivity index (χ0n) is 13.0. The molecule has 0 saturated carbocycles. The van der Waals surface area contributed by atoms with Crippen LogP contribution in [0.3, 0.4) is 0 Å². The first-order valence-electron chi connectivity index (χ1n) is 7.15. The summed E-state index contributed by atoms with van der Waals surface area (Å²) in [6.45, 7) is 7.32. The maximum absolute atomic E-state index is 12.5. The minimum absolute atomic E-state index is 0.0998. The summed E-state index contributed by atoms with van der Waals surface area (Å²) in [6.07, 6.45) is 0.301. The van der Waals surface area contributed by atoms with E-state index in [0.717, 1.165) is 0 Å². The number of pyridine rings is 1. The van der Waals surface area contributed by atoms with Gasteiger partial charge in [0.05, 0.1) is 16.6 Å². The van der Waals surface area contributed by atoms with Crippen molar-refractivity contribution in [3.8, 4) is 0 Å². The van der Waals surface area contributed by atoms with E-state index in [9.17, 15) is 9.59 Å². The van der Waals surface area contributed by atoms with Crippen molar-refractivity contribution in [1.82, 2.24) is 15.5 Å². The van der Waals surface area contributed by atoms with E-state index in [1.807, 2.05) is 13.8 Å². The lowest BCUT2D eigenvalue weighted by atomic mass is 10.0. The fourth-order valence-electron chi connectivity index (χ4n) is 2.16. The predicted molar refractivity (Wildman–Crippen MR) is 79.8 cm³/mol. The van der Waals surface area contributed by atoms with E-state index in [1.165, 1.54) is 0 Å². The van der Waals surface area contributed by atoms with Crippen molar-refractivity contribution in [2.75, 3.05) is 0 Å². The third-order valence-electron chi connectivity index (χ3n) is 3.48. The summed E-state index contributed by atoms with van der Waals surface area (Å²) in [7, 11) is 0. The fraction of sp³-hybridized carbons (Fsp3) is 0.467. The Bertz CT molecular complexity index is 721.